The topological polar surface area (TPSA) is 35.9 Å². The first kappa shape index (κ1) is 12.6. The highest BCUT2D eigenvalue weighted by Crippen LogP contribution is 2.20. The summed E-state index contributed by atoms with van der Waals surface area (Å²) < 4.78 is 5.37. The van der Waals surface area contributed by atoms with Gasteiger partial charge in [0.25, 0.3) is 0 Å². The van der Waals surface area contributed by atoms with Gasteiger partial charge in [-0.15, -0.1) is 0 Å². The minimum absolute atomic E-state index is 0.221. The molecule has 0 spiro atoms. The van der Waals surface area contributed by atoms with Gasteiger partial charge < -0.3 is 9.84 Å². The number of aliphatic hydroxyl groups excluding tert-OH is 1. The van der Waals surface area contributed by atoms with Crippen molar-refractivity contribution < 1.29 is 9.84 Å². The summed E-state index contributed by atoms with van der Waals surface area (Å²) in [6.07, 6.45) is -0.221. The van der Waals surface area contributed by atoms with Crippen molar-refractivity contribution in [2.45, 2.75) is 18.7 Å². The summed E-state index contributed by atoms with van der Waals surface area (Å²) in [5.74, 6) is 0. The van der Waals surface area contributed by atoms with Crippen LogP contribution < -0.4 is 0 Å². The van der Waals surface area contributed by atoms with Gasteiger partial charge in [-0.25, -0.2) is 0 Å². The lowest BCUT2D eigenvalue weighted by atomic mass is 10.1. The summed E-state index contributed by atoms with van der Waals surface area (Å²) in [4.78, 5) is 4.73. The van der Waals surface area contributed by atoms with E-state index in [1.54, 1.807) is 11.3 Å². The van der Waals surface area contributed by atoms with Crippen LogP contribution in [0.3, 0.4) is 0 Å². The van der Waals surface area contributed by atoms with Crippen molar-refractivity contribution in [2.24, 2.45) is 0 Å². The molecule has 18 heavy (non-hydrogen) atoms. The molecule has 1 aromatic rings. The van der Waals surface area contributed by atoms with Crippen molar-refractivity contribution in [2.75, 3.05) is 39.4 Å². The van der Waals surface area contributed by atoms with Crippen molar-refractivity contribution in [3.63, 3.8) is 0 Å². The van der Waals surface area contributed by atoms with Gasteiger partial charge in [0.2, 0.25) is 0 Å². The summed E-state index contributed by atoms with van der Waals surface area (Å²) in [7, 11) is 0. The molecule has 2 fully saturated rings. The van der Waals surface area contributed by atoms with Gasteiger partial charge in [0, 0.05) is 38.8 Å². The molecule has 0 bridgehead atoms. The van der Waals surface area contributed by atoms with Crippen LogP contribution in [0.15, 0.2) is 16.8 Å². The number of rotatable bonds is 3. The third-order valence-corrected chi connectivity index (χ3v) is 4.57. The number of β-amino-alcohol motifs (C(OH)–C–C–N with tert-alkyl or cyclic N) is 1. The minimum atomic E-state index is -0.221. The van der Waals surface area contributed by atoms with Crippen molar-refractivity contribution in [3.8, 4) is 0 Å². The molecule has 2 aliphatic heterocycles. The van der Waals surface area contributed by atoms with Crippen LogP contribution in [0.5, 0.6) is 0 Å². The predicted octanol–water partition coefficient (Wildman–Crippen LogP) is 0.625. The van der Waals surface area contributed by atoms with E-state index in [4.69, 9.17) is 4.74 Å². The molecule has 2 aliphatic rings. The van der Waals surface area contributed by atoms with E-state index in [0.29, 0.717) is 0 Å². The third-order valence-electron chi connectivity index (χ3n) is 3.84. The zero-order chi connectivity index (χ0) is 12.4. The lowest BCUT2D eigenvalue weighted by Crippen LogP contribution is -2.48. The average molecular weight is 268 g/mol. The molecule has 3 rings (SSSR count). The van der Waals surface area contributed by atoms with Gasteiger partial charge in [-0.1, -0.05) is 0 Å². The van der Waals surface area contributed by atoms with Gasteiger partial charge >= 0.3 is 0 Å². The van der Waals surface area contributed by atoms with Crippen LogP contribution in [0.25, 0.3) is 0 Å². The van der Waals surface area contributed by atoms with E-state index in [1.807, 2.05) is 0 Å². The number of hydrogen-bond donors (Lipinski definition) is 1. The number of likely N-dealkylation sites (tertiary alicyclic amines) is 1. The summed E-state index contributed by atoms with van der Waals surface area (Å²) in [6.45, 7) is 6.22. The fourth-order valence-electron chi connectivity index (χ4n) is 2.88. The van der Waals surface area contributed by atoms with E-state index in [0.717, 1.165) is 45.9 Å². The summed E-state index contributed by atoms with van der Waals surface area (Å²) in [5.41, 5.74) is 1.36. The Bertz CT molecular complexity index is 365. The third kappa shape index (κ3) is 2.75. The Kier molecular flexibility index (Phi) is 3.96. The van der Waals surface area contributed by atoms with Crippen molar-refractivity contribution in [3.05, 3.63) is 22.4 Å². The molecule has 1 N–H and O–H groups in total. The Hall–Kier alpha value is -0.460. The van der Waals surface area contributed by atoms with Crippen LogP contribution in [-0.4, -0.2) is 66.4 Å². The number of aliphatic hydroxyl groups is 1. The number of thiophene rings is 1. The Labute approximate surface area is 112 Å². The van der Waals surface area contributed by atoms with E-state index in [1.165, 1.54) is 5.56 Å². The van der Waals surface area contributed by atoms with Gasteiger partial charge in [0.05, 0.1) is 19.3 Å². The molecule has 5 heteroatoms. The molecule has 0 aliphatic carbocycles. The highest BCUT2D eigenvalue weighted by Gasteiger charge is 2.35. The molecule has 0 saturated carbocycles. The first-order valence-electron chi connectivity index (χ1n) is 6.56. The normalized spacial score (nSPS) is 30.9. The molecule has 0 amide bonds. The fourth-order valence-corrected chi connectivity index (χ4v) is 3.54. The van der Waals surface area contributed by atoms with Crippen molar-refractivity contribution in [1.82, 2.24) is 9.80 Å². The van der Waals surface area contributed by atoms with Crippen molar-refractivity contribution in [1.29, 1.82) is 0 Å². The second-order valence-electron chi connectivity index (χ2n) is 5.11. The Morgan fingerprint density at radius 3 is 2.89 bits per heavy atom. The molecule has 4 nitrogen and oxygen atoms in total. The second-order valence-corrected chi connectivity index (χ2v) is 5.89. The molecule has 0 aromatic carbocycles. The summed E-state index contributed by atoms with van der Waals surface area (Å²) in [6, 6.07) is 2.45. The standard InChI is InChI=1S/C13H20N2O2S/c16-13-9-14(7-11-1-6-18-10-11)8-12(13)15-2-4-17-5-3-15/h1,6,10,12-13,16H,2-5,7-9H2/t12-,13-/m0/s1. The molecule has 3 heterocycles. The average Bonchev–Trinajstić information content (AvgIpc) is 3.01. The van der Waals surface area contributed by atoms with Crippen molar-refractivity contribution >= 4 is 11.3 Å². The zero-order valence-corrected chi connectivity index (χ0v) is 11.3. The zero-order valence-electron chi connectivity index (χ0n) is 10.5. The number of ether oxygens (including phenoxy) is 1. The molecule has 0 unspecified atom stereocenters. The van der Waals surface area contributed by atoms with Gasteiger partial charge in [-0.2, -0.15) is 11.3 Å². The van der Waals surface area contributed by atoms with Crippen LogP contribution in [0, 0.1) is 0 Å². The van der Waals surface area contributed by atoms with E-state index < -0.39 is 0 Å². The second kappa shape index (κ2) is 5.67. The van der Waals surface area contributed by atoms with Crippen LogP contribution in [0.1, 0.15) is 5.56 Å². The molecule has 0 radical (unpaired) electrons. The molecular formula is C13H20N2O2S. The number of morpholine rings is 1. The Morgan fingerprint density at radius 1 is 1.33 bits per heavy atom. The quantitative estimate of drug-likeness (QED) is 0.872. The van der Waals surface area contributed by atoms with Crippen LogP contribution >= 0.6 is 11.3 Å². The number of hydrogen-bond acceptors (Lipinski definition) is 5. The minimum Gasteiger partial charge on any atom is -0.390 e. The van der Waals surface area contributed by atoms with E-state index in [9.17, 15) is 5.11 Å². The van der Waals surface area contributed by atoms with Crippen LogP contribution in [-0.2, 0) is 11.3 Å². The molecule has 1 aromatic heterocycles. The lowest BCUT2D eigenvalue weighted by Gasteiger charge is -2.33. The highest BCUT2D eigenvalue weighted by atomic mass is 32.1. The monoisotopic (exact) mass is 268 g/mol. The van der Waals surface area contributed by atoms with E-state index >= 15 is 0 Å². The molecule has 2 saturated heterocycles. The van der Waals surface area contributed by atoms with Gasteiger partial charge in [-0.3, -0.25) is 9.80 Å². The SMILES string of the molecule is O[C@H]1CN(Cc2ccsc2)C[C@@H]1N1CCOCC1. The maximum absolute atomic E-state index is 10.2. The smallest absolute Gasteiger partial charge is 0.0834 e. The highest BCUT2D eigenvalue weighted by molar-refractivity contribution is 7.07. The van der Waals surface area contributed by atoms with Gasteiger partial charge in [0.1, 0.15) is 0 Å². The maximum Gasteiger partial charge on any atom is 0.0834 e. The summed E-state index contributed by atoms with van der Waals surface area (Å²) in [5, 5.41) is 14.5. The summed E-state index contributed by atoms with van der Waals surface area (Å²) >= 11 is 1.74. The van der Waals surface area contributed by atoms with Gasteiger partial charge in [0.15, 0.2) is 0 Å². The fraction of sp³-hybridized carbons (Fsp3) is 0.692. The number of nitrogens with zero attached hydrogens (tertiary/aromatic N) is 2. The van der Waals surface area contributed by atoms with E-state index in [2.05, 4.69) is 26.6 Å². The molecule has 100 valence electrons. The lowest BCUT2D eigenvalue weighted by molar-refractivity contribution is -0.00618. The predicted molar refractivity (Wildman–Crippen MR) is 71.8 cm³/mol. The molecule has 2 atom stereocenters. The van der Waals surface area contributed by atoms with Gasteiger partial charge in [-0.05, 0) is 22.4 Å². The first-order chi connectivity index (χ1) is 8.83. The molecular weight excluding hydrogens is 248 g/mol. The van der Waals surface area contributed by atoms with Crippen LogP contribution in [0.2, 0.25) is 0 Å². The Morgan fingerprint density at radius 2 is 2.17 bits per heavy atom. The maximum atomic E-state index is 10.2. The Balaban J connectivity index is 1.57. The first-order valence-corrected chi connectivity index (χ1v) is 7.50. The van der Waals surface area contributed by atoms with E-state index in [-0.39, 0.29) is 12.1 Å². The largest absolute Gasteiger partial charge is 0.390 e. The van der Waals surface area contributed by atoms with Crippen LogP contribution in [0.4, 0.5) is 0 Å².